The van der Waals surface area contributed by atoms with E-state index in [2.05, 4.69) is 4.72 Å². The average molecular weight is 318 g/mol. The van der Waals surface area contributed by atoms with Crippen LogP contribution in [0.25, 0.3) is 0 Å². The summed E-state index contributed by atoms with van der Waals surface area (Å²) in [7, 11) is -3.85. The molecule has 2 aromatic rings. The number of nitrogens with one attached hydrogen (secondary N) is 1. The van der Waals surface area contributed by atoms with Crippen LogP contribution < -0.4 is 10.5 Å². The van der Waals surface area contributed by atoms with Crippen molar-refractivity contribution in [2.45, 2.75) is 10.6 Å². The van der Waals surface area contributed by atoms with Crippen LogP contribution >= 0.6 is 11.3 Å². The Hall–Kier alpha value is -1.51. The summed E-state index contributed by atoms with van der Waals surface area (Å²) in [6.07, 6.45) is 0.578. The monoisotopic (exact) mass is 318 g/mol. The highest BCUT2D eigenvalue weighted by Gasteiger charge is 2.17. The third-order valence-electron chi connectivity index (χ3n) is 2.41. The molecule has 1 aromatic carbocycles. The Balaban J connectivity index is 2.25. The van der Waals surface area contributed by atoms with Gasteiger partial charge in [0.05, 0.1) is 5.69 Å². The van der Waals surface area contributed by atoms with Gasteiger partial charge in [0.15, 0.2) is 0 Å². The second-order valence-corrected chi connectivity index (χ2v) is 7.10. The smallest absolute Gasteiger partial charge is 0.271 e. The third kappa shape index (κ3) is 3.53. The Morgan fingerprint density at radius 2 is 1.80 bits per heavy atom. The first kappa shape index (κ1) is 14.9. The number of rotatable bonds is 5. The van der Waals surface area contributed by atoms with Crippen LogP contribution in [0.5, 0.6) is 0 Å². The molecule has 0 saturated heterocycles. The van der Waals surface area contributed by atoms with E-state index in [9.17, 15) is 17.2 Å². The lowest BCUT2D eigenvalue weighted by Crippen LogP contribution is -2.11. The summed E-state index contributed by atoms with van der Waals surface area (Å²) in [5.41, 5.74) is 5.24. The Kier molecular flexibility index (Phi) is 4.36. The Bertz CT molecular complexity index is 694. The Morgan fingerprint density at radius 3 is 2.40 bits per heavy atom. The van der Waals surface area contributed by atoms with E-state index in [1.807, 2.05) is 0 Å². The van der Waals surface area contributed by atoms with Crippen LogP contribution in [-0.2, 0) is 16.4 Å². The minimum Gasteiger partial charge on any atom is -0.330 e. The van der Waals surface area contributed by atoms with Gasteiger partial charge in [-0.2, -0.15) is 0 Å². The second kappa shape index (κ2) is 5.86. The highest BCUT2D eigenvalue weighted by atomic mass is 32.2. The van der Waals surface area contributed by atoms with E-state index in [-0.39, 0.29) is 9.90 Å². The first-order chi connectivity index (χ1) is 9.40. The van der Waals surface area contributed by atoms with Crippen molar-refractivity contribution < 1.29 is 17.2 Å². The molecule has 0 saturated carbocycles. The van der Waals surface area contributed by atoms with Gasteiger partial charge in [0.1, 0.15) is 15.8 Å². The standard InChI is InChI=1S/C12H12F2N2O2S2/c13-8-5-9(14)7-10(6-8)16-20(17,18)12-2-1-11(19-12)3-4-15/h1-2,5-7,16H,3-4,15H2. The third-order valence-corrected chi connectivity index (χ3v) is 5.43. The molecule has 0 amide bonds. The Labute approximate surface area is 119 Å². The number of benzene rings is 1. The van der Waals surface area contributed by atoms with Crippen molar-refractivity contribution >= 4 is 27.0 Å². The molecule has 20 heavy (non-hydrogen) atoms. The van der Waals surface area contributed by atoms with E-state index in [1.54, 1.807) is 6.07 Å². The molecule has 0 aliphatic heterocycles. The van der Waals surface area contributed by atoms with Gasteiger partial charge in [0.25, 0.3) is 10.0 Å². The molecule has 0 aliphatic carbocycles. The summed E-state index contributed by atoms with van der Waals surface area (Å²) in [6.45, 7) is 0.419. The van der Waals surface area contributed by atoms with Gasteiger partial charge in [0, 0.05) is 10.9 Å². The lowest BCUT2D eigenvalue weighted by Gasteiger charge is -2.06. The first-order valence-electron chi connectivity index (χ1n) is 5.68. The molecule has 8 heteroatoms. The van der Waals surface area contributed by atoms with Crippen molar-refractivity contribution in [3.05, 3.63) is 46.8 Å². The number of halogens is 2. The van der Waals surface area contributed by atoms with Gasteiger partial charge in [0.2, 0.25) is 0 Å². The zero-order valence-electron chi connectivity index (χ0n) is 10.3. The molecule has 2 rings (SSSR count). The molecule has 0 fully saturated rings. The number of anilines is 1. The molecule has 0 unspecified atom stereocenters. The van der Waals surface area contributed by atoms with Crippen LogP contribution in [0.1, 0.15) is 4.88 Å². The average Bonchev–Trinajstić information content (AvgIpc) is 2.76. The van der Waals surface area contributed by atoms with Crippen LogP contribution in [0.4, 0.5) is 14.5 Å². The largest absolute Gasteiger partial charge is 0.330 e. The molecule has 108 valence electrons. The van der Waals surface area contributed by atoms with Gasteiger partial charge in [-0.05, 0) is 37.2 Å². The van der Waals surface area contributed by atoms with E-state index < -0.39 is 21.7 Å². The molecule has 0 aliphatic rings. The molecule has 0 bridgehead atoms. The molecule has 0 radical (unpaired) electrons. The van der Waals surface area contributed by atoms with Crippen molar-refractivity contribution in [1.29, 1.82) is 0 Å². The van der Waals surface area contributed by atoms with Crippen molar-refractivity contribution in [1.82, 2.24) is 0 Å². The lowest BCUT2D eigenvalue weighted by atomic mass is 10.3. The molecule has 1 aromatic heterocycles. The van der Waals surface area contributed by atoms with Gasteiger partial charge in [-0.15, -0.1) is 11.3 Å². The van der Waals surface area contributed by atoms with Gasteiger partial charge in [-0.1, -0.05) is 0 Å². The van der Waals surface area contributed by atoms with E-state index in [1.165, 1.54) is 6.07 Å². The minimum atomic E-state index is -3.85. The topological polar surface area (TPSA) is 72.2 Å². The minimum absolute atomic E-state index is 0.0746. The van der Waals surface area contributed by atoms with E-state index in [0.29, 0.717) is 19.0 Å². The summed E-state index contributed by atoms with van der Waals surface area (Å²) in [5, 5.41) is 0. The van der Waals surface area contributed by atoms with Gasteiger partial charge < -0.3 is 5.73 Å². The number of nitrogens with two attached hydrogens (primary N) is 1. The predicted molar refractivity (Wildman–Crippen MR) is 74.2 cm³/mol. The summed E-state index contributed by atoms with van der Waals surface area (Å²) < 4.78 is 52.4. The zero-order chi connectivity index (χ0) is 14.8. The molecular formula is C12H12F2N2O2S2. The van der Waals surface area contributed by atoms with Gasteiger partial charge in [-0.25, -0.2) is 17.2 Å². The van der Waals surface area contributed by atoms with Crippen molar-refractivity contribution in [3.63, 3.8) is 0 Å². The normalized spacial score (nSPS) is 11.6. The molecule has 4 nitrogen and oxygen atoms in total. The zero-order valence-corrected chi connectivity index (χ0v) is 11.9. The molecule has 1 heterocycles. The maximum absolute atomic E-state index is 13.0. The SMILES string of the molecule is NCCc1ccc(S(=O)(=O)Nc2cc(F)cc(F)c2)s1. The van der Waals surface area contributed by atoms with Crippen LogP contribution in [0.15, 0.2) is 34.5 Å². The highest BCUT2D eigenvalue weighted by Crippen LogP contribution is 2.24. The fourth-order valence-electron chi connectivity index (χ4n) is 1.60. The Morgan fingerprint density at radius 1 is 1.15 bits per heavy atom. The summed E-state index contributed by atoms with van der Waals surface area (Å²) in [5.74, 6) is -1.70. The lowest BCUT2D eigenvalue weighted by molar-refractivity contribution is 0.584. The fourth-order valence-corrected chi connectivity index (χ4v) is 4.01. The van der Waals surface area contributed by atoms with E-state index >= 15 is 0 Å². The van der Waals surface area contributed by atoms with Crippen LogP contribution in [0.3, 0.4) is 0 Å². The molecule has 3 N–H and O–H groups in total. The summed E-state index contributed by atoms with van der Waals surface area (Å²) in [4.78, 5) is 0.832. The van der Waals surface area contributed by atoms with E-state index in [0.717, 1.165) is 28.3 Å². The second-order valence-electron chi connectivity index (χ2n) is 4.02. The van der Waals surface area contributed by atoms with Crippen LogP contribution in [0, 0.1) is 11.6 Å². The quantitative estimate of drug-likeness (QED) is 0.889. The first-order valence-corrected chi connectivity index (χ1v) is 7.98. The predicted octanol–water partition coefficient (Wildman–Crippen LogP) is 2.33. The summed E-state index contributed by atoms with van der Waals surface area (Å²) in [6, 6.07) is 5.60. The number of thiophene rings is 1. The van der Waals surface area contributed by atoms with Crippen molar-refractivity contribution in [2.24, 2.45) is 5.73 Å². The van der Waals surface area contributed by atoms with Crippen molar-refractivity contribution in [3.8, 4) is 0 Å². The van der Waals surface area contributed by atoms with Gasteiger partial charge >= 0.3 is 0 Å². The maximum atomic E-state index is 13.0. The van der Waals surface area contributed by atoms with Crippen LogP contribution in [-0.4, -0.2) is 15.0 Å². The maximum Gasteiger partial charge on any atom is 0.271 e. The molecule has 0 spiro atoms. The van der Waals surface area contributed by atoms with E-state index in [4.69, 9.17) is 5.73 Å². The van der Waals surface area contributed by atoms with Crippen molar-refractivity contribution in [2.75, 3.05) is 11.3 Å². The molecular weight excluding hydrogens is 306 g/mol. The van der Waals surface area contributed by atoms with Gasteiger partial charge in [-0.3, -0.25) is 4.72 Å². The highest BCUT2D eigenvalue weighted by molar-refractivity contribution is 7.94. The number of hydrogen-bond acceptors (Lipinski definition) is 4. The number of sulfonamides is 1. The fraction of sp³-hybridized carbons (Fsp3) is 0.167. The van der Waals surface area contributed by atoms with Crippen LogP contribution in [0.2, 0.25) is 0 Å². The number of hydrogen-bond donors (Lipinski definition) is 2. The summed E-state index contributed by atoms with van der Waals surface area (Å²) >= 11 is 1.07. The molecule has 0 atom stereocenters.